The smallest absolute Gasteiger partial charge is 0.339 e. The molecule has 0 aliphatic rings. The Kier molecular flexibility index (Phi) is 3.42. The van der Waals surface area contributed by atoms with Gasteiger partial charge in [0.1, 0.15) is 11.3 Å². The summed E-state index contributed by atoms with van der Waals surface area (Å²) in [4.78, 5) is 11.3. The molecule has 4 heteroatoms. The van der Waals surface area contributed by atoms with Crippen LogP contribution in [0.3, 0.4) is 0 Å². The molecule has 1 aromatic carbocycles. The monoisotopic (exact) mass is 258 g/mol. The van der Waals surface area contributed by atoms with Crippen LogP contribution >= 0.6 is 0 Å². The third kappa shape index (κ3) is 2.38. The molecule has 1 aromatic heterocycles. The van der Waals surface area contributed by atoms with Gasteiger partial charge in [0.15, 0.2) is 0 Å². The second kappa shape index (κ2) is 4.88. The van der Waals surface area contributed by atoms with Crippen LogP contribution in [0.2, 0.25) is 0 Å². The quantitative estimate of drug-likeness (QED) is 0.919. The molecule has 0 unspecified atom stereocenters. The van der Waals surface area contributed by atoms with Crippen LogP contribution in [-0.2, 0) is 6.54 Å². The Bertz CT molecular complexity index is 642. The predicted octanol–water partition coefficient (Wildman–Crippen LogP) is 3.19. The molecule has 0 radical (unpaired) electrons. The summed E-state index contributed by atoms with van der Waals surface area (Å²) in [6.07, 6.45) is 1.59. The Balaban J connectivity index is 2.67. The van der Waals surface area contributed by atoms with E-state index in [2.05, 4.69) is 18.1 Å². The Hall–Kier alpha value is -2.10. The highest BCUT2D eigenvalue weighted by Crippen LogP contribution is 2.28. The van der Waals surface area contributed by atoms with Crippen molar-refractivity contribution in [3.63, 3.8) is 0 Å². The van der Waals surface area contributed by atoms with E-state index < -0.39 is 5.97 Å². The normalized spacial score (nSPS) is 10.7. The highest BCUT2D eigenvalue weighted by Gasteiger charge is 2.18. The van der Waals surface area contributed by atoms with Gasteiger partial charge in [-0.2, -0.15) is 5.10 Å². The topological polar surface area (TPSA) is 55.1 Å². The van der Waals surface area contributed by atoms with Gasteiger partial charge in [-0.1, -0.05) is 6.07 Å². The van der Waals surface area contributed by atoms with Gasteiger partial charge in [0.2, 0.25) is 0 Å². The largest absolute Gasteiger partial charge is 0.478 e. The molecule has 0 atom stereocenters. The van der Waals surface area contributed by atoms with Crippen LogP contribution in [0.1, 0.15) is 34.0 Å². The lowest BCUT2D eigenvalue weighted by Crippen LogP contribution is -1.98. The van der Waals surface area contributed by atoms with E-state index in [-0.39, 0.29) is 5.56 Å². The molecule has 0 spiro atoms. The van der Waals surface area contributed by atoms with Gasteiger partial charge in [-0.15, -0.1) is 0 Å². The van der Waals surface area contributed by atoms with E-state index in [9.17, 15) is 9.90 Å². The SMILES string of the molecule is CCn1cc(C(=O)O)c(-c2cc(C)c(C)cc2C)n1. The summed E-state index contributed by atoms with van der Waals surface area (Å²) in [6, 6.07) is 4.08. The number of carbonyl (C=O) groups is 1. The third-order valence-corrected chi connectivity index (χ3v) is 3.41. The van der Waals surface area contributed by atoms with E-state index in [1.165, 1.54) is 5.56 Å². The summed E-state index contributed by atoms with van der Waals surface area (Å²) in [7, 11) is 0. The van der Waals surface area contributed by atoms with E-state index in [1.807, 2.05) is 26.8 Å². The van der Waals surface area contributed by atoms with Gasteiger partial charge in [0.25, 0.3) is 0 Å². The van der Waals surface area contributed by atoms with E-state index in [1.54, 1.807) is 10.9 Å². The molecule has 0 fully saturated rings. The first-order chi connectivity index (χ1) is 8.93. The number of hydrogen-bond donors (Lipinski definition) is 1. The van der Waals surface area contributed by atoms with Crippen LogP contribution in [0.25, 0.3) is 11.3 Å². The lowest BCUT2D eigenvalue weighted by molar-refractivity contribution is 0.0697. The van der Waals surface area contributed by atoms with Gasteiger partial charge in [-0.25, -0.2) is 4.79 Å². The van der Waals surface area contributed by atoms with Crippen molar-refractivity contribution in [3.05, 3.63) is 40.6 Å². The first kappa shape index (κ1) is 13.3. The zero-order valence-electron chi connectivity index (χ0n) is 11.7. The highest BCUT2D eigenvalue weighted by atomic mass is 16.4. The zero-order valence-corrected chi connectivity index (χ0v) is 11.7. The van der Waals surface area contributed by atoms with Crippen LogP contribution in [0, 0.1) is 20.8 Å². The number of aromatic carboxylic acids is 1. The van der Waals surface area contributed by atoms with Gasteiger partial charge in [0.05, 0.1) is 0 Å². The van der Waals surface area contributed by atoms with Crippen molar-refractivity contribution in [2.75, 3.05) is 0 Å². The Morgan fingerprint density at radius 1 is 1.21 bits per heavy atom. The number of carboxylic acids is 1. The number of aryl methyl sites for hydroxylation is 4. The molecule has 0 saturated heterocycles. The standard InChI is InChI=1S/C15H18N2O2/c1-5-17-8-13(15(18)19)14(16-17)12-7-10(3)9(2)6-11(12)4/h6-8H,5H2,1-4H3,(H,18,19). The lowest BCUT2D eigenvalue weighted by Gasteiger charge is -2.08. The van der Waals surface area contributed by atoms with Gasteiger partial charge in [-0.05, 0) is 50.5 Å². The van der Waals surface area contributed by atoms with Gasteiger partial charge < -0.3 is 5.11 Å². The Morgan fingerprint density at radius 3 is 2.42 bits per heavy atom. The molecule has 19 heavy (non-hydrogen) atoms. The maximum absolute atomic E-state index is 11.3. The maximum atomic E-state index is 11.3. The first-order valence-electron chi connectivity index (χ1n) is 6.33. The number of hydrogen-bond acceptors (Lipinski definition) is 2. The van der Waals surface area contributed by atoms with Gasteiger partial charge >= 0.3 is 5.97 Å². The molecule has 0 aliphatic heterocycles. The van der Waals surface area contributed by atoms with Crippen LogP contribution in [0.5, 0.6) is 0 Å². The number of aromatic nitrogens is 2. The Morgan fingerprint density at radius 2 is 1.84 bits per heavy atom. The van der Waals surface area contributed by atoms with Crippen molar-refractivity contribution in [2.24, 2.45) is 0 Å². The molecular weight excluding hydrogens is 240 g/mol. The van der Waals surface area contributed by atoms with Crippen molar-refractivity contribution in [2.45, 2.75) is 34.2 Å². The average Bonchev–Trinajstić information content (AvgIpc) is 2.78. The minimum Gasteiger partial charge on any atom is -0.478 e. The summed E-state index contributed by atoms with van der Waals surface area (Å²) < 4.78 is 1.66. The summed E-state index contributed by atoms with van der Waals surface area (Å²) in [6.45, 7) is 8.66. The molecule has 1 N–H and O–H groups in total. The van der Waals surface area contributed by atoms with E-state index in [0.717, 1.165) is 16.7 Å². The van der Waals surface area contributed by atoms with E-state index in [0.29, 0.717) is 12.2 Å². The van der Waals surface area contributed by atoms with Crippen molar-refractivity contribution in [1.29, 1.82) is 0 Å². The summed E-state index contributed by atoms with van der Waals surface area (Å²) in [5, 5.41) is 13.7. The minimum absolute atomic E-state index is 0.258. The van der Waals surface area contributed by atoms with Gasteiger partial charge in [-0.3, -0.25) is 4.68 Å². The molecular formula is C15H18N2O2. The first-order valence-corrected chi connectivity index (χ1v) is 6.33. The average molecular weight is 258 g/mol. The van der Waals surface area contributed by atoms with Crippen LogP contribution < -0.4 is 0 Å². The fourth-order valence-corrected chi connectivity index (χ4v) is 2.15. The molecule has 2 rings (SSSR count). The molecule has 0 bridgehead atoms. The minimum atomic E-state index is -0.938. The fraction of sp³-hybridized carbons (Fsp3) is 0.333. The summed E-state index contributed by atoms with van der Waals surface area (Å²) in [5.41, 5.74) is 5.10. The van der Waals surface area contributed by atoms with Gasteiger partial charge in [0, 0.05) is 18.3 Å². The van der Waals surface area contributed by atoms with Crippen LogP contribution in [0.4, 0.5) is 0 Å². The zero-order chi connectivity index (χ0) is 14.2. The third-order valence-electron chi connectivity index (χ3n) is 3.41. The van der Waals surface area contributed by atoms with Crippen molar-refractivity contribution >= 4 is 5.97 Å². The van der Waals surface area contributed by atoms with Crippen molar-refractivity contribution in [1.82, 2.24) is 9.78 Å². The fourth-order valence-electron chi connectivity index (χ4n) is 2.15. The number of benzene rings is 1. The number of nitrogens with zero attached hydrogens (tertiary/aromatic N) is 2. The predicted molar refractivity (Wildman–Crippen MR) is 74.5 cm³/mol. The lowest BCUT2D eigenvalue weighted by atomic mass is 9.97. The van der Waals surface area contributed by atoms with Crippen LogP contribution in [0.15, 0.2) is 18.3 Å². The summed E-state index contributed by atoms with van der Waals surface area (Å²) >= 11 is 0. The molecule has 4 nitrogen and oxygen atoms in total. The number of rotatable bonds is 3. The molecule has 0 saturated carbocycles. The van der Waals surface area contributed by atoms with Crippen LogP contribution in [-0.4, -0.2) is 20.9 Å². The molecule has 0 aliphatic carbocycles. The molecule has 1 heterocycles. The van der Waals surface area contributed by atoms with E-state index >= 15 is 0 Å². The molecule has 2 aromatic rings. The summed E-state index contributed by atoms with van der Waals surface area (Å²) in [5.74, 6) is -0.938. The maximum Gasteiger partial charge on any atom is 0.339 e. The second-order valence-electron chi connectivity index (χ2n) is 4.80. The molecule has 0 amide bonds. The van der Waals surface area contributed by atoms with Crippen molar-refractivity contribution in [3.8, 4) is 11.3 Å². The van der Waals surface area contributed by atoms with E-state index in [4.69, 9.17) is 0 Å². The van der Waals surface area contributed by atoms with Crippen molar-refractivity contribution < 1.29 is 9.90 Å². The Labute approximate surface area is 112 Å². The number of carboxylic acid groups (broad SMARTS) is 1. The highest BCUT2D eigenvalue weighted by molar-refractivity contribution is 5.95. The molecule has 100 valence electrons. The second-order valence-corrected chi connectivity index (χ2v) is 4.80.